The lowest BCUT2D eigenvalue weighted by Gasteiger charge is -2.08. The molecule has 2 nitrogen and oxygen atoms in total. The molecule has 0 N–H and O–H groups in total. The molecule has 3 aromatic rings. The van der Waals surface area contributed by atoms with Crippen LogP contribution in [-0.4, -0.2) is 19.9 Å². The number of nitrogens with zero attached hydrogens (tertiary/aromatic N) is 1. The van der Waals surface area contributed by atoms with Gasteiger partial charge in [-0.2, -0.15) is 0 Å². The lowest BCUT2D eigenvalue weighted by molar-refractivity contribution is 0.415. The minimum atomic E-state index is 0.774. The number of hydrogen-bond donors (Lipinski definition) is 0. The van der Waals surface area contributed by atoms with E-state index in [0.29, 0.717) is 0 Å². The molecule has 0 bridgehead atoms. The van der Waals surface area contributed by atoms with E-state index in [9.17, 15) is 0 Å². The summed E-state index contributed by atoms with van der Waals surface area (Å²) in [6, 6.07) is 22.8. The molecule has 0 saturated carbocycles. The van der Waals surface area contributed by atoms with E-state index < -0.39 is 0 Å². The molecule has 0 radical (unpaired) electrons. The van der Waals surface area contributed by atoms with Crippen LogP contribution in [0.1, 0.15) is 11.1 Å². The number of benzene rings is 3. The van der Waals surface area contributed by atoms with Crippen molar-refractivity contribution in [3.05, 3.63) is 77.9 Å². The summed E-state index contributed by atoms with van der Waals surface area (Å²) in [4.78, 5) is 4.59. The second kappa shape index (κ2) is 6.90. The van der Waals surface area contributed by atoms with E-state index in [-0.39, 0.29) is 0 Å². The Morgan fingerprint density at radius 1 is 0.909 bits per heavy atom. The monoisotopic (exact) mass is 289 g/mol. The van der Waals surface area contributed by atoms with Gasteiger partial charge in [0.2, 0.25) is 0 Å². The van der Waals surface area contributed by atoms with Crippen LogP contribution >= 0.6 is 0 Å². The maximum Gasteiger partial charge on any atom is 0.128 e. The van der Waals surface area contributed by atoms with Crippen molar-refractivity contribution >= 4 is 17.0 Å². The first-order valence-corrected chi connectivity index (χ1v) is 7.48. The Morgan fingerprint density at radius 2 is 1.68 bits per heavy atom. The van der Waals surface area contributed by atoms with Gasteiger partial charge in [-0.25, -0.2) is 0 Å². The van der Waals surface area contributed by atoms with Crippen LogP contribution in [0.15, 0.2) is 71.7 Å². The smallest absolute Gasteiger partial charge is 0.128 e. The topological polar surface area (TPSA) is 21.6 Å². The molecule has 3 rings (SSSR count). The van der Waals surface area contributed by atoms with E-state index in [2.05, 4.69) is 47.5 Å². The summed E-state index contributed by atoms with van der Waals surface area (Å²) in [5, 5.41) is 2.37. The van der Waals surface area contributed by atoms with E-state index in [0.717, 1.165) is 24.3 Å². The highest BCUT2D eigenvalue weighted by molar-refractivity contribution is 6.02. The van der Waals surface area contributed by atoms with Gasteiger partial charge >= 0.3 is 0 Å². The molecule has 110 valence electrons. The van der Waals surface area contributed by atoms with Crippen LogP contribution in [-0.2, 0) is 6.42 Å². The van der Waals surface area contributed by atoms with Gasteiger partial charge in [0.15, 0.2) is 0 Å². The second-order valence-corrected chi connectivity index (χ2v) is 5.17. The molecule has 22 heavy (non-hydrogen) atoms. The lowest BCUT2D eigenvalue weighted by atomic mass is 10.0. The first kappa shape index (κ1) is 14.3. The SMILES string of the molecule is COc1ccc2ccccc2c1C=NCCc1ccccc1. The third kappa shape index (κ3) is 3.17. The number of methoxy groups -OCH3 is 1. The number of hydrogen-bond acceptors (Lipinski definition) is 2. The van der Waals surface area contributed by atoms with Crippen molar-refractivity contribution in [1.82, 2.24) is 0 Å². The quantitative estimate of drug-likeness (QED) is 0.633. The first-order valence-electron chi connectivity index (χ1n) is 7.48. The molecule has 0 spiro atoms. The van der Waals surface area contributed by atoms with Crippen molar-refractivity contribution < 1.29 is 4.74 Å². The van der Waals surface area contributed by atoms with E-state index in [1.54, 1.807) is 7.11 Å². The molecule has 0 fully saturated rings. The van der Waals surface area contributed by atoms with E-state index >= 15 is 0 Å². The van der Waals surface area contributed by atoms with Gasteiger partial charge in [0.1, 0.15) is 5.75 Å². The Hall–Kier alpha value is -2.61. The Kier molecular flexibility index (Phi) is 4.50. The van der Waals surface area contributed by atoms with Crippen molar-refractivity contribution in [2.75, 3.05) is 13.7 Å². The highest BCUT2D eigenvalue weighted by Crippen LogP contribution is 2.26. The highest BCUT2D eigenvalue weighted by atomic mass is 16.5. The summed E-state index contributed by atoms with van der Waals surface area (Å²) in [7, 11) is 1.70. The van der Waals surface area contributed by atoms with Gasteiger partial charge in [-0.1, -0.05) is 60.7 Å². The molecule has 0 atom stereocenters. The second-order valence-electron chi connectivity index (χ2n) is 5.17. The Morgan fingerprint density at radius 3 is 2.50 bits per heavy atom. The predicted molar refractivity (Wildman–Crippen MR) is 93.1 cm³/mol. The van der Waals surface area contributed by atoms with Crippen LogP contribution in [0.25, 0.3) is 10.8 Å². The maximum atomic E-state index is 5.48. The zero-order chi connectivity index (χ0) is 15.2. The van der Waals surface area contributed by atoms with Gasteiger partial charge in [0, 0.05) is 18.3 Å². The van der Waals surface area contributed by atoms with Crippen molar-refractivity contribution in [2.24, 2.45) is 4.99 Å². The average molecular weight is 289 g/mol. The molecule has 0 amide bonds. The third-order valence-electron chi connectivity index (χ3n) is 3.74. The molecular formula is C20H19NO. The van der Waals surface area contributed by atoms with Crippen molar-refractivity contribution in [3.8, 4) is 5.75 Å². The molecule has 0 aromatic heterocycles. The summed E-state index contributed by atoms with van der Waals surface area (Å²) in [6.45, 7) is 0.774. The lowest BCUT2D eigenvalue weighted by Crippen LogP contribution is -1.95. The summed E-state index contributed by atoms with van der Waals surface area (Å²) < 4.78 is 5.48. The highest BCUT2D eigenvalue weighted by Gasteiger charge is 2.05. The van der Waals surface area contributed by atoms with Gasteiger partial charge in [0.25, 0.3) is 0 Å². The Labute approximate surface area is 131 Å². The summed E-state index contributed by atoms with van der Waals surface area (Å²) in [5.74, 6) is 0.863. The van der Waals surface area contributed by atoms with Crippen LogP contribution in [0.5, 0.6) is 5.75 Å². The third-order valence-corrected chi connectivity index (χ3v) is 3.74. The fraction of sp³-hybridized carbons (Fsp3) is 0.150. The first-order chi connectivity index (χ1) is 10.9. The largest absolute Gasteiger partial charge is 0.496 e. The van der Waals surface area contributed by atoms with E-state index in [1.165, 1.54) is 16.3 Å². The number of aliphatic imine (C=N–C) groups is 1. The molecule has 3 aromatic carbocycles. The van der Waals surface area contributed by atoms with Gasteiger partial charge in [-0.3, -0.25) is 4.99 Å². The van der Waals surface area contributed by atoms with Crippen LogP contribution < -0.4 is 4.74 Å². The summed E-state index contributed by atoms with van der Waals surface area (Å²) >= 11 is 0. The van der Waals surface area contributed by atoms with Crippen LogP contribution in [0.3, 0.4) is 0 Å². The fourth-order valence-electron chi connectivity index (χ4n) is 2.58. The minimum Gasteiger partial charge on any atom is -0.496 e. The molecule has 2 heteroatoms. The van der Waals surface area contributed by atoms with Gasteiger partial charge < -0.3 is 4.74 Å². The Balaban J connectivity index is 1.81. The number of fused-ring (bicyclic) bond motifs is 1. The zero-order valence-corrected chi connectivity index (χ0v) is 12.7. The molecule has 0 aliphatic heterocycles. The normalized spacial score (nSPS) is 11.1. The molecule has 0 aliphatic carbocycles. The van der Waals surface area contributed by atoms with Gasteiger partial charge in [0.05, 0.1) is 7.11 Å². The maximum absolute atomic E-state index is 5.48. The Bertz CT molecular complexity index is 778. The molecule has 0 heterocycles. The van der Waals surface area contributed by atoms with Crippen molar-refractivity contribution in [3.63, 3.8) is 0 Å². The predicted octanol–water partition coefficient (Wildman–Crippen LogP) is 4.51. The van der Waals surface area contributed by atoms with E-state index in [1.807, 2.05) is 30.5 Å². The summed E-state index contributed by atoms with van der Waals surface area (Å²) in [6.07, 6.45) is 2.88. The fourth-order valence-corrected chi connectivity index (χ4v) is 2.58. The molecular weight excluding hydrogens is 270 g/mol. The minimum absolute atomic E-state index is 0.774. The van der Waals surface area contributed by atoms with Crippen LogP contribution in [0.4, 0.5) is 0 Å². The van der Waals surface area contributed by atoms with Crippen LogP contribution in [0.2, 0.25) is 0 Å². The molecule has 0 unspecified atom stereocenters. The number of rotatable bonds is 5. The van der Waals surface area contributed by atoms with Gasteiger partial charge in [-0.05, 0) is 28.8 Å². The molecule has 0 saturated heterocycles. The van der Waals surface area contributed by atoms with E-state index in [4.69, 9.17) is 4.74 Å². The average Bonchev–Trinajstić information content (AvgIpc) is 2.59. The molecule has 0 aliphatic rings. The van der Waals surface area contributed by atoms with Gasteiger partial charge in [-0.15, -0.1) is 0 Å². The standard InChI is InChI=1S/C20H19NO/c1-22-20-12-11-17-9-5-6-10-18(17)19(20)15-21-14-13-16-7-3-2-4-8-16/h2-12,15H,13-14H2,1H3. The zero-order valence-electron chi connectivity index (χ0n) is 12.7. The van der Waals surface area contributed by atoms with Crippen LogP contribution in [0, 0.1) is 0 Å². The summed E-state index contributed by atoms with van der Waals surface area (Å²) in [5.41, 5.74) is 2.36. The van der Waals surface area contributed by atoms with Crippen molar-refractivity contribution in [2.45, 2.75) is 6.42 Å². The van der Waals surface area contributed by atoms with Crippen molar-refractivity contribution in [1.29, 1.82) is 0 Å². The number of ether oxygens (including phenoxy) is 1.